The molecule has 0 aromatic rings. The number of ether oxygens (including phenoxy) is 1. The number of esters is 1. The maximum absolute atomic E-state index is 11.7. The van der Waals surface area contributed by atoms with Crippen LogP contribution in [0, 0.1) is 0 Å². The maximum Gasteiger partial charge on any atom is 0.307 e. The topological polar surface area (TPSA) is 32.8 Å². The molecular weight excluding hydrogens is 252 g/mol. The van der Waals surface area contributed by atoms with Crippen LogP contribution in [-0.4, -0.2) is 60.1 Å². The maximum atomic E-state index is 11.7. The van der Waals surface area contributed by atoms with E-state index in [0.29, 0.717) is 6.42 Å². The van der Waals surface area contributed by atoms with E-state index in [9.17, 15) is 4.79 Å². The van der Waals surface area contributed by atoms with Crippen molar-refractivity contribution < 1.29 is 9.53 Å². The molecule has 2 aliphatic rings. The largest absolute Gasteiger partial charge is 0.460 e. The molecule has 0 aliphatic carbocycles. The van der Waals surface area contributed by atoms with Gasteiger partial charge in [-0.05, 0) is 72.6 Å². The predicted molar refractivity (Wildman–Crippen MR) is 80.7 cm³/mol. The van der Waals surface area contributed by atoms with Crippen LogP contribution in [0.5, 0.6) is 0 Å². The normalized spacial score (nSPS) is 23.1. The van der Waals surface area contributed by atoms with Crippen LogP contribution in [0.15, 0.2) is 0 Å². The fourth-order valence-corrected chi connectivity index (χ4v) is 3.26. The van der Waals surface area contributed by atoms with Crippen LogP contribution in [0.1, 0.15) is 52.9 Å². The minimum Gasteiger partial charge on any atom is -0.460 e. The standard InChI is InChI=1S/C16H30N2O2/c1-16(2,3)20-15(19)8-13-17-11-6-14(7-12-17)18-9-4-5-10-18/h14H,4-13H2,1-3H3. The van der Waals surface area contributed by atoms with Crippen LogP contribution in [0.2, 0.25) is 0 Å². The van der Waals surface area contributed by atoms with Crippen LogP contribution in [0.4, 0.5) is 0 Å². The first-order chi connectivity index (χ1) is 9.44. The fourth-order valence-electron chi connectivity index (χ4n) is 3.26. The van der Waals surface area contributed by atoms with Gasteiger partial charge >= 0.3 is 5.97 Å². The Hall–Kier alpha value is -0.610. The Balaban J connectivity index is 1.63. The minimum atomic E-state index is -0.361. The Labute approximate surface area is 123 Å². The lowest BCUT2D eigenvalue weighted by atomic mass is 10.0. The van der Waals surface area contributed by atoms with Gasteiger partial charge < -0.3 is 14.5 Å². The number of carbonyl (C=O) groups excluding carboxylic acids is 1. The van der Waals surface area contributed by atoms with Gasteiger partial charge in [0.15, 0.2) is 0 Å². The van der Waals surface area contributed by atoms with E-state index in [4.69, 9.17) is 4.74 Å². The third-order valence-electron chi connectivity index (χ3n) is 4.27. The average molecular weight is 282 g/mol. The molecule has 116 valence electrons. The van der Waals surface area contributed by atoms with E-state index in [1.165, 1.54) is 38.8 Å². The van der Waals surface area contributed by atoms with Crippen molar-refractivity contribution >= 4 is 5.97 Å². The van der Waals surface area contributed by atoms with E-state index >= 15 is 0 Å². The highest BCUT2D eigenvalue weighted by Crippen LogP contribution is 2.21. The van der Waals surface area contributed by atoms with E-state index in [1.54, 1.807) is 0 Å². The van der Waals surface area contributed by atoms with Gasteiger partial charge in [0.25, 0.3) is 0 Å². The highest BCUT2D eigenvalue weighted by atomic mass is 16.6. The van der Waals surface area contributed by atoms with Gasteiger partial charge in [0.2, 0.25) is 0 Å². The van der Waals surface area contributed by atoms with E-state index in [0.717, 1.165) is 25.7 Å². The molecule has 0 unspecified atom stereocenters. The lowest BCUT2D eigenvalue weighted by Gasteiger charge is -2.36. The van der Waals surface area contributed by atoms with Gasteiger partial charge in [-0.2, -0.15) is 0 Å². The van der Waals surface area contributed by atoms with Crippen molar-refractivity contribution in [2.24, 2.45) is 0 Å². The molecule has 0 bridgehead atoms. The van der Waals surface area contributed by atoms with Crippen molar-refractivity contribution in [3.05, 3.63) is 0 Å². The van der Waals surface area contributed by atoms with Gasteiger partial charge in [0.1, 0.15) is 5.60 Å². The Morgan fingerprint density at radius 2 is 1.70 bits per heavy atom. The van der Waals surface area contributed by atoms with Crippen LogP contribution in [-0.2, 0) is 9.53 Å². The first-order valence-corrected chi connectivity index (χ1v) is 8.12. The van der Waals surface area contributed by atoms with E-state index in [1.807, 2.05) is 20.8 Å². The van der Waals surface area contributed by atoms with Gasteiger partial charge in [-0.3, -0.25) is 4.79 Å². The van der Waals surface area contributed by atoms with Gasteiger partial charge in [-0.25, -0.2) is 0 Å². The van der Waals surface area contributed by atoms with Crippen molar-refractivity contribution in [3.63, 3.8) is 0 Å². The SMILES string of the molecule is CC(C)(C)OC(=O)CCN1CCC(N2CCCC2)CC1. The van der Waals surface area contributed by atoms with Gasteiger partial charge in [-0.1, -0.05) is 0 Å². The second-order valence-electron chi connectivity index (χ2n) is 7.15. The summed E-state index contributed by atoms with van der Waals surface area (Å²) >= 11 is 0. The Bertz CT molecular complexity index is 311. The van der Waals surface area contributed by atoms with Crippen molar-refractivity contribution in [1.29, 1.82) is 0 Å². The van der Waals surface area contributed by atoms with E-state index < -0.39 is 0 Å². The highest BCUT2D eigenvalue weighted by molar-refractivity contribution is 5.70. The summed E-state index contributed by atoms with van der Waals surface area (Å²) in [6, 6.07) is 0.787. The third-order valence-corrected chi connectivity index (χ3v) is 4.27. The summed E-state index contributed by atoms with van der Waals surface area (Å²) in [6.45, 7) is 11.5. The zero-order valence-electron chi connectivity index (χ0n) is 13.4. The minimum absolute atomic E-state index is 0.0702. The highest BCUT2D eigenvalue weighted by Gasteiger charge is 2.26. The molecule has 0 spiro atoms. The molecule has 2 heterocycles. The zero-order valence-corrected chi connectivity index (χ0v) is 13.4. The first kappa shape index (κ1) is 15.8. The zero-order chi connectivity index (χ0) is 14.6. The Morgan fingerprint density at radius 1 is 1.10 bits per heavy atom. The molecule has 2 aliphatic heterocycles. The summed E-state index contributed by atoms with van der Waals surface area (Å²) in [5, 5.41) is 0. The lowest BCUT2D eigenvalue weighted by molar-refractivity contribution is -0.155. The molecule has 2 saturated heterocycles. The number of hydrogen-bond donors (Lipinski definition) is 0. The summed E-state index contributed by atoms with van der Waals surface area (Å²) in [7, 11) is 0. The number of carbonyl (C=O) groups is 1. The van der Waals surface area contributed by atoms with E-state index in [-0.39, 0.29) is 11.6 Å². The van der Waals surface area contributed by atoms with Crippen molar-refractivity contribution in [3.8, 4) is 0 Å². The second-order valence-corrected chi connectivity index (χ2v) is 7.15. The monoisotopic (exact) mass is 282 g/mol. The molecule has 0 atom stereocenters. The molecule has 0 aromatic heterocycles. The summed E-state index contributed by atoms with van der Waals surface area (Å²) in [4.78, 5) is 16.8. The average Bonchev–Trinajstić information content (AvgIpc) is 2.89. The summed E-state index contributed by atoms with van der Waals surface area (Å²) < 4.78 is 5.36. The van der Waals surface area contributed by atoms with Crippen LogP contribution in [0.3, 0.4) is 0 Å². The van der Waals surface area contributed by atoms with Crippen molar-refractivity contribution in [2.45, 2.75) is 64.5 Å². The number of rotatable bonds is 4. The molecule has 2 rings (SSSR count). The second kappa shape index (κ2) is 6.90. The van der Waals surface area contributed by atoms with Crippen molar-refractivity contribution in [1.82, 2.24) is 9.80 Å². The quantitative estimate of drug-likeness (QED) is 0.741. The number of likely N-dealkylation sites (tertiary alicyclic amines) is 2. The van der Waals surface area contributed by atoms with E-state index in [2.05, 4.69) is 9.80 Å². The lowest BCUT2D eigenvalue weighted by Crippen LogP contribution is -2.44. The van der Waals surface area contributed by atoms with Crippen LogP contribution >= 0.6 is 0 Å². The molecule has 0 aromatic carbocycles. The van der Waals surface area contributed by atoms with Gasteiger partial charge in [0.05, 0.1) is 6.42 Å². The summed E-state index contributed by atoms with van der Waals surface area (Å²) in [5.74, 6) is -0.0702. The molecular formula is C16H30N2O2. The van der Waals surface area contributed by atoms with Crippen molar-refractivity contribution in [2.75, 3.05) is 32.7 Å². The van der Waals surface area contributed by atoms with Gasteiger partial charge in [-0.15, -0.1) is 0 Å². The Morgan fingerprint density at radius 3 is 2.25 bits per heavy atom. The summed E-state index contributed by atoms with van der Waals surface area (Å²) in [6.07, 6.45) is 5.78. The molecule has 0 radical (unpaired) electrons. The van der Waals surface area contributed by atoms with Crippen LogP contribution in [0.25, 0.3) is 0 Å². The first-order valence-electron chi connectivity index (χ1n) is 8.12. The molecule has 4 nitrogen and oxygen atoms in total. The number of nitrogens with zero attached hydrogens (tertiary/aromatic N) is 2. The Kier molecular flexibility index (Phi) is 5.44. The number of piperidine rings is 1. The molecule has 4 heteroatoms. The predicted octanol–water partition coefficient (Wildman–Crippen LogP) is 2.28. The van der Waals surface area contributed by atoms with Gasteiger partial charge in [0, 0.05) is 12.6 Å². The molecule has 0 amide bonds. The smallest absolute Gasteiger partial charge is 0.307 e. The molecule has 0 N–H and O–H groups in total. The number of hydrogen-bond acceptors (Lipinski definition) is 4. The van der Waals surface area contributed by atoms with Crippen LogP contribution < -0.4 is 0 Å². The molecule has 0 saturated carbocycles. The molecule has 20 heavy (non-hydrogen) atoms. The summed E-state index contributed by atoms with van der Waals surface area (Å²) in [5.41, 5.74) is -0.361. The third kappa shape index (κ3) is 5.06. The fraction of sp³-hybridized carbons (Fsp3) is 0.938. The molecule has 2 fully saturated rings.